The zero-order chi connectivity index (χ0) is 14.1. The average molecular weight is 284 g/mol. The number of hydrogen-bond acceptors (Lipinski definition) is 4. The number of para-hydroxylation sites is 1. The van der Waals surface area contributed by atoms with Crippen LogP contribution in [0.1, 0.15) is 5.56 Å². The van der Waals surface area contributed by atoms with E-state index in [0.717, 1.165) is 11.3 Å². The summed E-state index contributed by atoms with van der Waals surface area (Å²) < 4.78 is 30.3. The summed E-state index contributed by atoms with van der Waals surface area (Å²) in [6.07, 6.45) is 1.68. The standard InChI is InChI=1S/C13H20N2O3S/c1-3-9-18-13-7-5-4-6-12(13)11-15-8-10-19(16,17)14-2/h3-7,14-15H,1,8-11H2,2H3. The fraction of sp³-hybridized carbons (Fsp3) is 0.385. The molecule has 0 amide bonds. The molecule has 0 saturated carbocycles. The van der Waals surface area contributed by atoms with E-state index in [2.05, 4.69) is 16.6 Å². The van der Waals surface area contributed by atoms with Gasteiger partial charge in [-0.1, -0.05) is 30.9 Å². The highest BCUT2D eigenvalue weighted by Gasteiger charge is 2.06. The number of hydrogen-bond donors (Lipinski definition) is 2. The molecule has 0 aliphatic carbocycles. The summed E-state index contributed by atoms with van der Waals surface area (Å²) >= 11 is 0. The quantitative estimate of drug-likeness (QED) is 0.522. The first kappa shape index (κ1) is 15.7. The summed E-state index contributed by atoms with van der Waals surface area (Å²) in [4.78, 5) is 0. The molecule has 0 saturated heterocycles. The van der Waals surface area contributed by atoms with Gasteiger partial charge < -0.3 is 10.1 Å². The number of nitrogens with one attached hydrogen (secondary N) is 2. The molecular weight excluding hydrogens is 264 g/mol. The van der Waals surface area contributed by atoms with E-state index in [1.165, 1.54) is 7.05 Å². The van der Waals surface area contributed by atoms with Gasteiger partial charge in [-0.05, 0) is 13.1 Å². The lowest BCUT2D eigenvalue weighted by Crippen LogP contribution is -2.29. The Balaban J connectivity index is 2.46. The number of ether oxygens (including phenoxy) is 1. The summed E-state index contributed by atoms with van der Waals surface area (Å²) in [6.45, 7) is 5.00. The molecule has 0 bridgehead atoms. The average Bonchev–Trinajstić information content (AvgIpc) is 2.42. The Kier molecular flexibility index (Phi) is 6.55. The van der Waals surface area contributed by atoms with Crippen molar-refractivity contribution < 1.29 is 13.2 Å². The van der Waals surface area contributed by atoms with E-state index in [0.29, 0.717) is 19.7 Å². The van der Waals surface area contributed by atoms with Crippen molar-refractivity contribution in [3.05, 3.63) is 42.5 Å². The summed E-state index contributed by atoms with van der Waals surface area (Å²) in [5, 5.41) is 3.08. The molecule has 1 aromatic carbocycles. The first-order chi connectivity index (χ1) is 9.09. The minimum Gasteiger partial charge on any atom is -0.489 e. The zero-order valence-electron chi connectivity index (χ0n) is 11.1. The predicted molar refractivity (Wildman–Crippen MR) is 76.7 cm³/mol. The molecule has 1 aromatic rings. The fourth-order valence-electron chi connectivity index (χ4n) is 1.47. The molecule has 5 nitrogen and oxygen atoms in total. The second-order valence-electron chi connectivity index (χ2n) is 3.91. The Morgan fingerprint density at radius 3 is 2.79 bits per heavy atom. The summed E-state index contributed by atoms with van der Waals surface area (Å²) in [5.74, 6) is 0.838. The van der Waals surface area contributed by atoms with Crippen molar-refractivity contribution in [1.82, 2.24) is 10.0 Å². The number of sulfonamides is 1. The van der Waals surface area contributed by atoms with Gasteiger partial charge in [0.1, 0.15) is 12.4 Å². The Morgan fingerprint density at radius 2 is 2.11 bits per heavy atom. The van der Waals surface area contributed by atoms with Crippen molar-refractivity contribution >= 4 is 10.0 Å². The van der Waals surface area contributed by atoms with Crippen LogP contribution >= 0.6 is 0 Å². The van der Waals surface area contributed by atoms with E-state index >= 15 is 0 Å². The molecule has 106 valence electrons. The number of benzene rings is 1. The molecule has 0 aliphatic heterocycles. The van der Waals surface area contributed by atoms with E-state index in [-0.39, 0.29) is 5.75 Å². The van der Waals surface area contributed by atoms with Crippen LogP contribution in [0.2, 0.25) is 0 Å². The van der Waals surface area contributed by atoms with E-state index in [1.807, 2.05) is 24.3 Å². The monoisotopic (exact) mass is 284 g/mol. The van der Waals surface area contributed by atoms with E-state index in [9.17, 15) is 8.42 Å². The lowest BCUT2D eigenvalue weighted by molar-refractivity contribution is 0.358. The predicted octanol–water partition coefficient (Wildman–Crippen LogP) is 0.890. The van der Waals surface area contributed by atoms with Gasteiger partial charge in [-0.15, -0.1) is 0 Å². The molecule has 2 N–H and O–H groups in total. The van der Waals surface area contributed by atoms with Crippen LogP contribution in [-0.4, -0.2) is 34.4 Å². The van der Waals surface area contributed by atoms with Gasteiger partial charge in [-0.25, -0.2) is 13.1 Å². The molecule has 0 fully saturated rings. The normalized spacial score (nSPS) is 11.2. The second-order valence-corrected chi connectivity index (χ2v) is 5.95. The fourth-order valence-corrected chi connectivity index (χ4v) is 2.09. The molecule has 0 radical (unpaired) electrons. The summed E-state index contributed by atoms with van der Waals surface area (Å²) in [7, 11) is -1.74. The van der Waals surface area contributed by atoms with Crippen molar-refractivity contribution in [3.63, 3.8) is 0 Å². The van der Waals surface area contributed by atoms with Crippen LogP contribution in [-0.2, 0) is 16.6 Å². The molecule has 0 heterocycles. The topological polar surface area (TPSA) is 67.4 Å². The van der Waals surface area contributed by atoms with Gasteiger partial charge in [-0.3, -0.25) is 0 Å². The van der Waals surface area contributed by atoms with Crippen molar-refractivity contribution in [2.45, 2.75) is 6.54 Å². The van der Waals surface area contributed by atoms with Crippen LogP contribution < -0.4 is 14.8 Å². The van der Waals surface area contributed by atoms with Crippen LogP contribution in [0, 0.1) is 0 Å². The third kappa shape index (κ3) is 5.87. The molecule has 0 atom stereocenters. The maximum atomic E-state index is 11.2. The third-order valence-electron chi connectivity index (χ3n) is 2.50. The van der Waals surface area contributed by atoms with Crippen LogP contribution in [0.5, 0.6) is 5.75 Å². The van der Waals surface area contributed by atoms with Gasteiger partial charge in [0, 0.05) is 18.7 Å². The lowest BCUT2D eigenvalue weighted by Gasteiger charge is -2.11. The van der Waals surface area contributed by atoms with Gasteiger partial charge in [0.25, 0.3) is 0 Å². The molecule has 19 heavy (non-hydrogen) atoms. The van der Waals surface area contributed by atoms with Crippen LogP contribution in [0.25, 0.3) is 0 Å². The molecular formula is C13H20N2O3S. The smallest absolute Gasteiger partial charge is 0.212 e. The van der Waals surface area contributed by atoms with E-state index < -0.39 is 10.0 Å². The molecule has 6 heteroatoms. The van der Waals surface area contributed by atoms with E-state index in [4.69, 9.17) is 4.74 Å². The third-order valence-corrected chi connectivity index (χ3v) is 3.87. The highest BCUT2D eigenvalue weighted by molar-refractivity contribution is 7.89. The minimum atomic E-state index is -3.16. The maximum absolute atomic E-state index is 11.2. The Bertz CT molecular complexity index is 500. The minimum absolute atomic E-state index is 0.0547. The second kappa shape index (κ2) is 7.93. The van der Waals surface area contributed by atoms with Gasteiger partial charge in [0.15, 0.2) is 0 Å². The summed E-state index contributed by atoms with van der Waals surface area (Å²) in [5.41, 5.74) is 0.992. The highest BCUT2D eigenvalue weighted by Crippen LogP contribution is 2.17. The van der Waals surface area contributed by atoms with Crippen molar-refractivity contribution in [3.8, 4) is 5.75 Å². The SMILES string of the molecule is C=CCOc1ccccc1CNCCS(=O)(=O)NC. The summed E-state index contributed by atoms with van der Waals surface area (Å²) in [6, 6.07) is 7.64. The molecule has 0 unspecified atom stereocenters. The number of rotatable bonds is 9. The highest BCUT2D eigenvalue weighted by atomic mass is 32.2. The van der Waals surface area contributed by atoms with Gasteiger partial charge in [0.05, 0.1) is 5.75 Å². The maximum Gasteiger partial charge on any atom is 0.212 e. The molecule has 0 spiro atoms. The van der Waals surface area contributed by atoms with Gasteiger partial charge in [0.2, 0.25) is 10.0 Å². The van der Waals surface area contributed by atoms with Gasteiger partial charge in [-0.2, -0.15) is 0 Å². The molecule has 0 aliphatic rings. The largest absolute Gasteiger partial charge is 0.489 e. The first-order valence-corrected chi connectivity index (χ1v) is 7.68. The Labute approximate surface area is 114 Å². The lowest BCUT2D eigenvalue weighted by atomic mass is 10.2. The van der Waals surface area contributed by atoms with Crippen molar-refractivity contribution in [2.24, 2.45) is 0 Å². The van der Waals surface area contributed by atoms with Crippen LogP contribution in [0.3, 0.4) is 0 Å². The Morgan fingerprint density at radius 1 is 1.37 bits per heavy atom. The van der Waals surface area contributed by atoms with Gasteiger partial charge >= 0.3 is 0 Å². The van der Waals surface area contributed by atoms with Crippen molar-refractivity contribution in [2.75, 3.05) is 26.0 Å². The van der Waals surface area contributed by atoms with E-state index in [1.54, 1.807) is 6.08 Å². The molecule has 0 aromatic heterocycles. The van der Waals surface area contributed by atoms with Crippen molar-refractivity contribution in [1.29, 1.82) is 0 Å². The zero-order valence-corrected chi connectivity index (χ0v) is 11.9. The van der Waals surface area contributed by atoms with Crippen LogP contribution in [0.15, 0.2) is 36.9 Å². The first-order valence-electron chi connectivity index (χ1n) is 6.02. The molecule has 1 rings (SSSR count). The Hall–Kier alpha value is -1.37. The van der Waals surface area contributed by atoms with Crippen LogP contribution in [0.4, 0.5) is 0 Å².